The molecule has 22 N–H and O–H groups in total. The number of aliphatic hydroxyl groups excluding tert-OH is 1. The summed E-state index contributed by atoms with van der Waals surface area (Å²) in [7, 11) is -4.26. The van der Waals surface area contributed by atoms with E-state index in [0.717, 1.165) is 6.92 Å². The summed E-state index contributed by atoms with van der Waals surface area (Å²) >= 11 is 0. The van der Waals surface area contributed by atoms with Crippen LogP contribution in [-0.4, -0.2) is 175 Å². The molecule has 0 aliphatic carbocycles. The van der Waals surface area contributed by atoms with Gasteiger partial charge in [0.15, 0.2) is 11.9 Å². The van der Waals surface area contributed by atoms with Crippen LogP contribution in [0.1, 0.15) is 91.5 Å². The first-order valence-electron chi connectivity index (χ1n) is 25.2. The molecule has 0 fully saturated rings. The lowest BCUT2D eigenvalue weighted by Gasteiger charge is -2.28. The lowest BCUT2D eigenvalue weighted by Crippen LogP contribution is -2.62. The van der Waals surface area contributed by atoms with Crippen LogP contribution in [0, 0.1) is 11.8 Å². The molecule has 1 rings (SSSR count). The number of aliphatic hydroxyl groups is 1. The summed E-state index contributed by atoms with van der Waals surface area (Å²) in [5.41, 5.74) is 27.2. The van der Waals surface area contributed by atoms with Crippen molar-refractivity contribution in [3.05, 3.63) is 35.9 Å². The number of hydrogen-bond donors (Lipinski definition) is 17. The van der Waals surface area contributed by atoms with Gasteiger partial charge in [-0.15, -0.1) is 0 Å². The van der Waals surface area contributed by atoms with Crippen molar-refractivity contribution >= 4 is 87.0 Å². The Morgan fingerprint density at radius 3 is 1.27 bits per heavy atom. The summed E-state index contributed by atoms with van der Waals surface area (Å²) in [5.74, 6) is -15.0. The maximum absolute atomic E-state index is 14.0. The van der Waals surface area contributed by atoms with Crippen molar-refractivity contribution in [1.82, 2.24) is 47.3 Å². The van der Waals surface area contributed by atoms with E-state index in [1.807, 2.05) is 0 Å². The Morgan fingerprint density at radius 1 is 0.512 bits per heavy atom. The van der Waals surface area contributed by atoms with Crippen LogP contribution in [0.5, 0.6) is 0 Å². The molecular formula is C47H78N16O16S. The van der Waals surface area contributed by atoms with Crippen molar-refractivity contribution in [3.8, 4) is 0 Å². The van der Waals surface area contributed by atoms with E-state index in [4.69, 9.17) is 28.7 Å². The standard InChI is InChI=1S/C47H78N16O16S/c1-24(2)17-30(40(72)57-28(38(48)70)13-9-15-53-46(49)50)59-45(77)35(22-64)63-43(75)33(20-37(68)69)60-41(73)31(18-25(3)4)58-42(74)32(19-36(66)67)61-44(76)34(21-55-80(78,79)23-27-11-7-6-8-12-27)62-39(71)29(56-26(5)65)14-10-16-54-47(51)52/h6-8,11-12,24-25,28-35,55,64H,9-10,13-23H2,1-5H3,(H2,48,70)(H,56,65)(H,57,72)(H,58,74)(H,59,77)(H,60,73)(H,61,76)(H,62,71)(H,63,75)(H,66,67)(H,68,69)(H4,49,50,53)(H4,51,52,54)/t28-,29-,30-,31-,32-,33-,34?,35-/m0/s1. The van der Waals surface area contributed by atoms with Gasteiger partial charge in [0, 0.05) is 26.6 Å². The highest BCUT2D eigenvalue weighted by atomic mass is 32.2. The van der Waals surface area contributed by atoms with Crippen LogP contribution in [0.15, 0.2) is 40.3 Å². The zero-order chi connectivity index (χ0) is 60.9. The van der Waals surface area contributed by atoms with Gasteiger partial charge in [0.05, 0.1) is 25.2 Å². The SMILES string of the molecule is CC(=O)N[C@@H](CCCN=C(N)N)C(=O)NC(CNS(=O)(=O)Cc1ccccc1)C(=O)N[C@@H](CC(=O)O)C(=O)N[C@@H](CC(C)C)C(=O)N[C@@H](CC(=O)O)C(=O)N[C@@H](CO)C(=O)N[C@@H](CC(C)C)C(=O)N[C@@H](CCCN=C(N)N)C(N)=O. The molecule has 0 saturated carbocycles. The van der Waals surface area contributed by atoms with Crippen molar-refractivity contribution in [3.63, 3.8) is 0 Å². The normalized spacial score (nSPS) is 14.2. The Morgan fingerprint density at radius 2 is 0.875 bits per heavy atom. The summed E-state index contributed by atoms with van der Waals surface area (Å²) in [5, 5.41) is 48.1. The number of rotatable bonds is 38. The van der Waals surface area contributed by atoms with E-state index in [0.29, 0.717) is 5.56 Å². The number of carboxylic acids is 2. The molecule has 32 nitrogen and oxygen atoms in total. The number of benzene rings is 1. The Hall–Kier alpha value is -8.20. The fraction of sp³-hybridized carbons (Fsp3) is 0.596. The largest absolute Gasteiger partial charge is 0.481 e. The minimum atomic E-state index is -4.26. The fourth-order valence-electron chi connectivity index (χ4n) is 7.35. The molecule has 0 aromatic heterocycles. The van der Waals surface area contributed by atoms with Gasteiger partial charge in [0.2, 0.25) is 63.2 Å². The molecule has 1 aromatic carbocycles. The first-order chi connectivity index (χ1) is 37.3. The highest BCUT2D eigenvalue weighted by molar-refractivity contribution is 7.88. The van der Waals surface area contributed by atoms with E-state index >= 15 is 0 Å². The molecule has 8 atom stereocenters. The van der Waals surface area contributed by atoms with E-state index in [-0.39, 0.29) is 69.5 Å². The number of carbonyl (C=O) groups is 11. The monoisotopic (exact) mass is 1150 g/mol. The number of guanidine groups is 2. The Balaban J connectivity index is 3.50. The average molecular weight is 1160 g/mol. The summed E-state index contributed by atoms with van der Waals surface area (Å²) < 4.78 is 28.6. The number of nitrogens with one attached hydrogen (secondary N) is 9. The molecule has 0 aliphatic heterocycles. The quantitative estimate of drug-likeness (QED) is 0.0166. The maximum Gasteiger partial charge on any atom is 0.305 e. The number of sulfonamides is 1. The minimum absolute atomic E-state index is 0.00770. The third-order valence-electron chi connectivity index (χ3n) is 11.1. The molecule has 0 spiro atoms. The van der Waals surface area contributed by atoms with Gasteiger partial charge in [-0.2, -0.15) is 0 Å². The minimum Gasteiger partial charge on any atom is -0.481 e. The van der Waals surface area contributed by atoms with Crippen LogP contribution in [0.25, 0.3) is 0 Å². The van der Waals surface area contributed by atoms with E-state index in [1.165, 1.54) is 12.1 Å². The molecule has 1 unspecified atom stereocenters. The molecule has 0 bridgehead atoms. The number of primary amides is 1. The number of aliphatic imine (C=N–C) groups is 2. The number of nitrogens with zero attached hydrogens (tertiary/aromatic N) is 2. The molecule has 0 heterocycles. The Kier molecular flexibility index (Phi) is 30.8. The molecule has 33 heteroatoms. The molecule has 448 valence electrons. The van der Waals surface area contributed by atoms with Crippen LogP contribution >= 0.6 is 0 Å². The Labute approximate surface area is 462 Å². The summed E-state index contributed by atoms with van der Waals surface area (Å²) in [6.07, 6.45) is -2.36. The molecule has 0 saturated heterocycles. The number of nitrogens with two attached hydrogens (primary N) is 5. The van der Waals surface area contributed by atoms with E-state index in [2.05, 4.69) is 57.2 Å². The predicted molar refractivity (Wildman–Crippen MR) is 288 cm³/mol. The Bertz CT molecular complexity index is 2470. The van der Waals surface area contributed by atoms with E-state index in [1.54, 1.807) is 45.9 Å². The number of amides is 9. The smallest absolute Gasteiger partial charge is 0.305 e. The first-order valence-corrected chi connectivity index (χ1v) is 26.8. The van der Waals surface area contributed by atoms with Crippen molar-refractivity contribution in [2.75, 3.05) is 26.2 Å². The van der Waals surface area contributed by atoms with Crippen molar-refractivity contribution in [2.45, 2.75) is 140 Å². The van der Waals surface area contributed by atoms with Crippen LogP contribution in [-0.2, 0) is 68.5 Å². The summed E-state index contributed by atoms with van der Waals surface area (Å²) in [4.78, 5) is 152. The summed E-state index contributed by atoms with van der Waals surface area (Å²) in [6, 6.07) is -5.75. The molecule has 0 radical (unpaired) electrons. The molecule has 1 aromatic rings. The zero-order valence-corrected chi connectivity index (χ0v) is 46.0. The second kappa shape index (κ2) is 35.3. The van der Waals surface area contributed by atoms with E-state index < -0.39 is 161 Å². The second-order valence-electron chi connectivity index (χ2n) is 19.2. The van der Waals surface area contributed by atoms with Crippen LogP contribution in [0.4, 0.5) is 0 Å². The van der Waals surface area contributed by atoms with Crippen LogP contribution in [0.3, 0.4) is 0 Å². The molecular weight excluding hydrogens is 1080 g/mol. The van der Waals surface area contributed by atoms with Crippen molar-refractivity contribution in [2.24, 2.45) is 50.5 Å². The van der Waals surface area contributed by atoms with Gasteiger partial charge < -0.3 is 86.5 Å². The number of carbonyl (C=O) groups excluding carboxylic acids is 9. The van der Waals surface area contributed by atoms with Crippen molar-refractivity contribution in [1.29, 1.82) is 0 Å². The van der Waals surface area contributed by atoms with Gasteiger partial charge in [-0.25, -0.2) is 13.1 Å². The lowest BCUT2D eigenvalue weighted by molar-refractivity contribution is -0.142. The molecule has 0 aliphatic rings. The fourth-order valence-corrected chi connectivity index (χ4v) is 8.50. The molecule has 9 amide bonds. The topological polar surface area (TPSA) is 546 Å². The average Bonchev–Trinajstić information content (AvgIpc) is 3.34. The van der Waals surface area contributed by atoms with Gasteiger partial charge in [-0.05, 0) is 55.9 Å². The second-order valence-corrected chi connectivity index (χ2v) is 21.0. The van der Waals surface area contributed by atoms with E-state index in [9.17, 15) is 76.5 Å². The van der Waals surface area contributed by atoms with Crippen LogP contribution < -0.4 is 75.9 Å². The molecule has 80 heavy (non-hydrogen) atoms. The highest BCUT2D eigenvalue weighted by Crippen LogP contribution is 2.11. The summed E-state index contributed by atoms with van der Waals surface area (Å²) in [6.45, 7) is 5.79. The highest BCUT2D eigenvalue weighted by Gasteiger charge is 2.36. The van der Waals surface area contributed by atoms with Crippen LogP contribution in [0.2, 0.25) is 0 Å². The van der Waals surface area contributed by atoms with Crippen molar-refractivity contribution < 1.29 is 76.5 Å². The lowest BCUT2D eigenvalue weighted by atomic mass is 10.0. The van der Waals surface area contributed by atoms with Gasteiger partial charge in [-0.1, -0.05) is 58.0 Å². The number of aliphatic carboxylic acids is 2. The third-order valence-corrected chi connectivity index (χ3v) is 12.4. The third kappa shape index (κ3) is 29.0. The predicted octanol–water partition coefficient (Wildman–Crippen LogP) is -6.37. The van der Waals surface area contributed by atoms with Gasteiger partial charge in [0.25, 0.3) is 0 Å². The van der Waals surface area contributed by atoms with Gasteiger partial charge >= 0.3 is 11.9 Å². The first kappa shape index (κ1) is 69.8. The number of carboxylic acid groups (broad SMARTS) is 2. The zero-order valence-electron chi connectivity index (χ0n) is 45.2. The number of hydrogen-bond acceptors (Lipinski definition) is 16. The van der Waals surface area contributed by atoms with Gasteiger partial charge in [-0.3, -0.25) is 62.7 Å². The van der Waals surface area contributed by atoms with Gasteiger partial charge in [0.1, 0.15) is 48.3 Å². The maximum atomic E-state index is 14.0.